The maximum atomic E-state index is 13.1. The van der Waals surface area contributed by atoms with Crippen molar-refractivity contribution in [2.24, 2.45) is 0 Å². The van der Waals surface area contributed by atoms with Gasteiger partial charge in [-0.2, -0.15) is 13.2 Å². The molecule has 39 heavy (non-hydrogen) atoms. The van der Waals surface area contributed by atoms with Crippen LogP contribution < -0.4 is 20.3 Å². The SMILES string of the molecule is CC(C)(Oc1ccc(Cl)cc1C(=O)O)C(=O)N[C@H]1C[C@H]2CC[C@@H](C1)N2c1ccc(C(=O)NCC(F)(F)F)cn1. The van der Waals surface area contributed by atoms with E-state index in [9.17, 15) is 32.7 Å². The number of carboxylic acids is 1. The van der Waals surface area contributed by atoms with Gasteiger partial charge in [-0.15, -0.1) is 0 Å². The molecule has 2 amide bonds. The van der Waals surface area contributed by atoms with Crippen molar-refractivity contribution in [3.05, 3.63) is 52.7 Å². The zero-order valence-electron chi connectivity index (χ0n) is 21.2. The Hall–Kier alpha value is -3.54. The second-order valence-electron chi connectivity index (χ2n) is 10.2. The maximum absolute atomic E-state index is 13.1. The molecule has 0 radical (unpaired) electrons. The molecular formula is C26H28ClF3N4O5. The number of aromatic nitrogens is 1. The molecule has 13 heteroatoms. The predicted molar refractivity (Wildman–Crippen MR) is 136 cm³/mol. The van der Waals surface area contributed by atoms with Gasteiger partial charge in [-0.05, 0) is 69.9 Å². The first-order valence-electron chi connectivity index (χ1n) is 12.4. The Bertz CT molecular complexity index is 1240. The van der Waals surface area contributed by atoms with Crippen molar-refractivity contribution in [1.29, 1.82) is 0 Å². The number of anilines is 1. The third kappa shape index (κ3) is 6.73. The van der Waals surface area contributed by atoms with Crippen LogP contribution in [-0.4, -0.2) is 64.3 Å². The summed E-state index contributed by atoms with van der Waals surface area (Å²) < 4.78 is 42.9. The highest BCUT2D eigenvalue weighted by atomic mass is 35.5. The van der Waals surface area contributed by atoms with E-state index in [-0.39, 0.29) is 45.9 Å². The van der Waals surface area contributed by atoms with E-state index in [4.69, 9.17) is 16.3 Å². The van der Waals surface area contributed by atoms with Crippen LogP contribution in [0.1, 0.15) is 60.2 Å². The topological polar surface area (TPSA) is 121 Å². The number of ether oxygens (including phenoxy) is 1. The number of halogens is 4. The highest BCUT2D eigenvalue weighted by Gasteiger charge is 2.43. The van der Waals surface area contributed by atoms with E-state index in [0.29, 0.717) is 18.7 Å². The lowest BCUT2D eigenvalue weighted by Crippen LogP contribution is -2.55. The first kappa shape index (κ1) is 28.5. The Kier molecular flexibility index (Phi) is 7.97. The minimum atomic E-state index is -4.50. The standard InChI is InChI=1S/C26H28ClF3N4O5/c1-25(2,39-20-7-4-15(27)9-19(20)23(36)37)24(38)33-16-10-17-5-6-18(11-16)34(17)21-8-3-14(12-31-21)22(35)32-13-26(28,29)30/h3-4,7-9,12,16-18H,5-6,10-11,13H2,1-2H3,(H,32,35)(H,33,38)(H,36,37)/t16-,17+,18-. The molecular weight excluding hydrogens is 541 g/mol. The predicted octanol–water partition coefficient (Wildman–Crippen LogP) is 4.20. The fraction of sp³-hybridized carbons (Fsp3) is 0.462. The first-order valence-corrected chi connectivity index (χ1v) is 12.7. The summed E-state index contributed by atoms with van der Waals surface area (Å²) in [5.74, 6) is -1.82. The molecule has 2 aromatic rings. The lowest BCUT2D eigenvalue weighted by atomic mass is 9.96. The number of amides is 2. The minimum Gasteiger partial charge on any atom is -0.478 e. The Morgan fingerprint density at radius 1 is 1.13 bits per heavy atom. The Morgan fingerprint density at radius 3 is 2.36 bits per heavy atom. The number of benzene rings is 1. The Balaban J connectivity index is 1.37. The smallest absolute Gasteiger partial charge is 0.405 e. The summed E-state index contributed by atoms with van der Waals surface area (Å²) in [6, 6.07) is 7.23. The first-order chi connectivity index (χ1) is 18.2. The molecule has 0 spiro atoms. The zero-order valence-corrected chi connectivity index (χ0v) is 22.0. The van der Waals surface area contributed by atoms with Gasteiger partial charge in [0, 0.05) is 29.3 Å². The largest absolute Gasteiger partial charge is 0.478 e. The monoisotopic (exact) mass is 568 g/mol. The minimum absolute atomic E-state index is 0.0311. The fourth-order valence-electron chi connectivity index (χ4n) is 5.06. The number of piperidine rings is 1. The van der Waals surface area contributed by atoms with Crippen molar-refractivity contribution < 1.29 is 37.4 Å². The lowest BCUT2D eigenvalue weighted by Gasteiger charge is -2.40. The fourth-order valence-corrected chi connectivity index (χ4v) is 5.24. The van der Waals surface area contributed by atoms with Gasteiger partial charge in [0.1, 0.15) is 23.7 Å². The van der Waals surface area contributed by atoms with Crippen LogP contribution in [0.15, 0.2) is 36.5 Å². The molecule has 4 rings (SSSR count). The summed E-state index contributed by atoms with van der Waals surface area (Å²) in [5.41, 5.74) is -1.48. The number of aromatic carboxylic acids is 1. The van der Waals surface area contributed by atoms with Crippen LogP contribution in [0, 0.1) is 0 Å². The average molecular weight is 569 g/mol. The molecule has 2 fully saturated rings. The molecule has 3 heterocycles. The highest BCUT2D eigenvalue weighted by molar-refractivity contribution is 6.31. The van der Waals surface area contributed by atoms with Crippen molar-refractivity contribution in [1.82, 2.24) is 15.6 Å². The van der Waals surface area contributed by atoms with Gasteiger partial charge in [0.25, 0.3) is 11.8 Å². The number of alkyl halides is 3. The number of nitrogens with zero attached hydrogens (tertiary/aromatic N) is 2. The number of nitrogens with one attached hydrogen (secondary N) is 2. The van der Waals surface area contributed by atoms with E-state index in [2.05, 4.69) is 15.2 Å². The molecule has 2 aliphatic rings. The van der Waals surface area contributed by atoms with E-state index < -0.39 is 30.2 Å². The Morgan fingerprint density at radius 2 is 1.79 bits per heavy atom. The summed E-state index contributed by atoms with van der Waals surface area (Å²) in [5, 5.41) is 14.6. The molecule has 210 valence electrons. The molecule has 9 nitrogen and oxygen atoms in total. The van der Waals surface area contributed by atoms with Gasteiger partial charge in [-0.1, -0.05) is 11.6 Å². The molecule has 2 aliphatic heterocycles. The summed E-state index contributed by atoms with van der Waals surface area (Å²) in [6.45, 7) is 1.70. The van der Waals surface area contributed by atoms with Crippen LogP contribution in [0.25, 0.3) is 0 Å². The van der Waals surface area contributed by atoms with Crippen LogP contribution in [0.2, 0.25) is 5.02 Å². The average Bonchev–Trinajstić information content (AvgIpc) is 3.13. The van der Waals surface area contributed by atoms with Crippen LogP contribution in [0.4, 0.5) is 19.0 Å². The number of hydrogen-bond acceptors (Lipinski definition) is 6. The number of fused-ring (bicyclic) bond motifs is 2. The van der Waals surface area contributed by atoms with Crippen molar-refractivity contribution in [3.8, 4) is 5.75 Å². The third-order valence-corrected chi connectivity index (χ3v) is 7.11. The van der Waals surface area contributed by atoms with E-state index in [1.807, 2.05) is 5.32 Å². The number of carbonyl (C=O) groups is 3. The van der Waals surface area contributed by atoms with E-state index in [0.717, 1.165) is 12.8 Å². The summed E-state index contributed by atoms with van der Waals surface area (Å²) in [7, 11) is 0. The Labute approximate surface area is 227 Å². The van der Waals surface area contributed by atoms with E-state index in [1.165, 1.54) is 30.5 Å². The second-order valence-corrected chi connectivity index (χ2v) is 10.6. The zero-order chi connectivity index (χ0) is 28.5. The maximum Gasteiger partial charge on any atom is 0.405 e. The van der Waals surface area contributed by atoms with Gasteiger partial charge in [0.15, 0.2) is 5.60 Å². The summed E-state index contributed by atoms with van der Waals surface area (Å²) in [6.07, 6.45) is -0.223. The van der Waals surface area contributed by atoms with Gasteiger partial charge >= 0.3 is 12.1 Å². The third-order valence-electron chi connectivity index (χ3n) is 6.88. The van der Waals surface area contributed by atoms with Crippen LogP contribution in [0.3, 0.4) is 0 Å². The molecule has 3 atom stereocenters. The van der Waals surface area contributed by atoms with Crippen molar-refractivity contribution in [2.75, 3.05) is 11.4 Å². The van der Waals surface area contributed by atoms with Gasteiger partial charge < -0.3 is 25.4 Å². The van der Waals surface area contributed by atoms with Crippen molar-refractivity contribution in [2.45, 2.75) is 69.4 Å². The van der Waals surface area contributed by atoms with Crippen molar-refractivity contribution >= 4 is 35.2 Å². The quantitative estimate of drug-likeness (QED) is 0.436. The van der Waals surface area contributed by atoms with Gasteiger partial charge in [-0.25, -0.2) is 9.78 Å². The molecule has 0 unspecified atom stereocenters. The number of carbonyl (C=O) groups excluding carboxylic acids is 2. The van der Waals surface area contributed by atoms with Gasteiger partial charge in [0.05, 0.1) is 5.56 Å². The lowest BCUT2D eigenvalue weighted by molar-refractivity contribution is -0.135. The summed E-state index contributed by atoms with van der Waals surface area (Å²) in [4.78, 5) is 43.2. The molecule has 0 aliphatic carbocycles. The van der Waals surface area contributed by atoms with Gasteiger partial charge in [-0.3, -0.25) is 9.59 Å². The van der Waals surface area contributed by atoms with Crippen LogP contribution >= 0.6 is 11.6 Å². The van der Waals surface area contributed by atoms with Crippen molar-refractivity contribution in [3.63, 3.8) is 0 Å². The number of hydrogen-bond donors (Lipinski definition) is 3. The molecule has 0 saturated carbocycles. The van der Waals surface area contributed by atoms with E-state index in [1.54, 1.807) is 19.9 Å². The van der Waals surface area contributed by atoms with Crippen LogP contribution in [-0.2, 0) is 4.79 Å². The molecule has 1 aromatic heterocycles. The second kappa shape index (κ2) is 10.9. The number of rotatable bonds is 8. The molecule has 2 bridgehead atoms. The highest BCUT2D eigenvalue weighted by Crippen LogP contribution is 2.39. The normalized spacial score (nSPS) is 20.9. The van der Waals surface area contributed by atoms with Gasteiger partial charge in [0.2, 0.25) is 0 Å². The number of pyridine rings is 1. The molecule has 1 aromatic carbocycles. The van der Waals surface area contributed by atoms with E-state index >= 15 is 0 Å². The number of carboxylic acid groups (broad SMARTS) is 1. The summed E-state index contributed by atoms with van der Waals surface area (Å²) >= 11 is 5.90. The molecule has 3 N–H and O–H groups in total. The molecule has 2 saturated heterocycles. The van der Waals surface area contributed by atoms with Crippen LogP contribution in [0.5, 0.6) is 5.75 Å².